The van der Waals surface area contributed by atoms with Crippen LogP contribution >= 0.6 is 0 Å². The number of aliphatic hydroxyl groups excluding tert-OH is 1. The van der Waals surface area contributed by atoms with Crippen LogP contribution in [0.3, 0.4) is 0 Å². The van der Waals surface area contributed by atoms with Crippen LogP contribution in [0.1, 0.15) is 16.8 Å². The first-order chi connectivity index (χ1) is 11.0. The number of pyridine rings is 1. The lowest BCUT2D eigenvalue weighted by Crippen LogP contribution is -2.36. The topological polar surface area (TPSA) is 70.5 Å². The third-order valence-corrected chi connectivity index (χ3v) is 5.50. The Labute approximate surface area is 135 Å². The van der Waals surface area contributed by atoms with E-state index >= 15 is 0 Å². The minimum absolute atomic E-state index is 0.135. The highest BCUT2D eigenvalue weighted by molar-refractivity contribution is 8.02. The van der Waals surface area contributed by atoms with Gasteiger partial charge < -0.3 is 5.11 Å². The standard InChI is InChI=1S/C17H14N2O3S/c1-3-11-19-14-9-6-10-18-15(14)16(20)17(23(19,21)22)13-8-5-4-7-12(13)2/h1,4-10,20H,11H2,2H3. The number of sulfonamides is 1. The van der Waals surface area contributed by atoms with E-state index in [-0.39, 0.29) is 28.6 Å². The SMILES string of the molecule is C#CCN1c2cccnc2C(O)=C(c2ccccc2C)S1(=O)=O. The third-order valence-electron chi connectivity index (χ3n) is 3.67. The van der Waals surface area contributed by atoms with E-state index in [0.29, 0.717) is 5.56 Å². The van der Waals surface area contributed by atoms with Crippen LogP contribution in [0.25, 0.3) is 10.7 Å². The summed E-state index contributed by atoms with van der Waals surface area (Å²) < 4.78 is 27.1. The maximum absolute atomic E-state index is 13.0. The molecule has 116 valence electrons. The Morgan fingerprint density at radius 2 is 2.00 bits per heavy atom. The second kappa shape index (κ2) is 5.45. The van der Waals surface area contributed by atoms with Gasteiger partial charge in [0, 0.05) is 11.8 Å². The molecule has 1 aliphatic heterocycles. The summed E-state index contributed by atoms with van der Waals surface area (Å²) in [5, 5.41) is 10.6. The van der Waals surface area contributed by atoms with Crippen molar-refractivity contribution >= 4 is 26.4 Å². The molecule has 23 heavy (non-hydrogen) atoms. The molecule has 0 atom stereocenters. The fourth-order valence-corrected chi connectivity index (χ4v) is 4.32. The highest BCUT2D eigenvalue weighted by atomic mass is 32.2. The number of nitrogens with zero attached hydrogens (tertiary/aromatic N) is 2. The zero-order valence-corrected chi connectivity index (χ0v) is 13.2. The number of anilines is 1. The summed E-state index contributed by atoms with van der Waals surface area (Å²) in [7, 11) is -3.98. The maximum atomic E-state index is 13.0. The number of fused-ring (bicyclic) bond motifs is 1. The van der Waals surface area contributed by atoms with Gasteiger partial charge in [-0.05, 0) is 24.6 Å². The van der Waals surface area contributed by atoms with E-state index < -0.39 is 10.0 Å². The molecule has 0 radical (unpaired) electrons. The largest absolute Gasteiger partial charge is 0.504 e. The van der Waals surface area contributed by atoms with Gasteiger partial charge in [0.1, 0.15) is 10.6 Å². The second-order valence-electron chi connectivity index (χ2n) is 5.08. The minimum atomic E-state index is -3.98. The molecule has 1 N–H and O–H groups in total. The molecule has 0 spiro atoms. The van der Waals surface area contributed by atoms with E-state index in [4.69, 9.17) is 6.42 Å². The smallest absolute Gasteiger partial charge is 0.269 e. The molecule has 0 bridgehead atoms. The number of hydrogen-bond donors (Lipinski definition) is 1. The molecule has 0 saturated heterocycles. The fourth-order valence-electron chi connectivity index (χ4n) is 2.60. The van der Waals surface area contributed by atoms with Crippen LogP contribution in [0.15, 0.2) is 42.6 Å². The second-order valence-corrected chi connectivity index (χ2v) is 6.88. The van der Waals surface area contributed by atoms with Crippen molar-refractivity contribution in [1.82, 2.24) is 4.98 Å². The van der Waals surface area contributed by atoms with Gasteiger partial charge in [0.05, 0.1) is 12.2 Å². The Balaban J connectivity index is 2.39. The van der Waals surface area contributed by atoms with Gasteiger partial charge in [-0.2, -0.15) is 0 Å². The van der Waals surface area contributed by atoms with Crippen LogP contribution in [-0.2, 0) is 10.0 Å². The number of rotatable bonds is 2. The molecule has 2 aromatic rings. The van der Waals surface area contributed by atoms with Crippen molar-refractivity contribution in [3.05, 3.63) is 59.4 Å². The number of hydrogen-bond acceptors (Lipinski definition) is 4. The first-order valence-corrected chi connectivity index (χ1v) is 8.33. The molecule has 0 aliphatic carbocycles. The quantitative estimate of drug-likeness (QED) is 0.861. The van der Waals surface area contributed by atoms with Crippen molar-refractivity contribution in [3.63, 3.8) is 0 Å². The van der Waals surface area contributed by atoms with Gasteiger partial charge in [-0.25, -0.2) is 8.42 Å². The molecule has 1 aromatic heterocycles. The van der Waals surface area contributed by atoms with Crippen molar-refractivity contribution in [2.45, 2.75) is 6.92 Å². The molecule has 0 fully saturated rings. The van der Waals surface area contributed by atoms with Crippen LogP contribution in [0.5, 0.6) is 0 Å². The van der Waals surface area contributed by atoms with Crippen LogP contribution < -0.4 is 4.31 Å². The Morgan fingerprint density at radius 3 is 2.70 bits per heavy atom. The minimum Gasteiger partial charge on any atom is -0.504 e. The maximum Gasteiger partial charge on any atom is 0.269 e. The lowest BCUT2D eigenvalue weighted by atomic mass is 10.1. The summed E-state index contributed by atoms with van der Waals surface area (Å²) in [6.45, 7) is 1.65. The molecule has 2 heterocycles. The molecule has 0 amide bonds. The molecule has 0 saturated carbocycles. The average Bonchev–Trinajstić information content (AvgIpc) is 2.53. The predicted octanol–water partition coefficient (Wildman–Crippen LogP) is 2.56. The molecule has 1 aromatic carbocycles. The summed E-state index contributed by atoms with van der Waals surface area (Å²) in [6, 6.07) is 10.1. The van der Waals surface area contributed by atoms with Gasteiger partial charge in [0.15, 0.2) is 5.76 Å². The van der Waals surface area contributed by atoms with E-state index in [0.717, 1.165) is 9.87 Å². The van der Waals surface area contributed by atoms with E-state index in [1.807, 2.05) is 0 Å². The van der Waals surface area contributed by atoms with Gasteiger partial charge in [-0.1, -0.05) is 30.2 Å². The highest BCUT2D eigenvalue weighted by Gasteiger charge is 2.39. The van der Waals surface area contributed by atoms with Gasteiger partial charge >= 0.3 is 0 Å². The van der Waals surface area contributed by atoms with Crippen molar-refractivity contribution < 1.29 is 13.5 Å². The molecular weight excluding hydrogens is 312 g/mol. The van der Waals surface area contributed by atoms with Crippen LogP contribution in [0, 0.1) is 19.3 Å². The van der Waals surface area contributed by atoms with Crippen LogP contribution in [0.4, 0.5) is 5.69 Å². The van der Waals surface area contributed by atoms with Crippen LogP contribution in [0.2, 0.25) is 0 Å². The predicted molar refractivity (Wildman–Crippen MR) is 90.0 cm³/mol. The van der Waals surface area contributed by atoms with E-state index in [2.05, 4.69) is 10.9 Å². The number of aliphatic hydroxyl groups is 1. The first-order valence-electron chi connectivity index (χ1n) is 6.89. The van der Waals surface area contributed by atoms with Gasteiger partial charge in [-0.3, -0.25) is 9.29 Å². The normalized spacial score (nSPS) is 15.9. The Morgan fingerprint density at radius 1 is 1.26 bits per heavy atom. The zero-order chi connectivity index (χ0) is 16.6. The fraction of sp³-hybridized carbons (Fsp3) is 0.118. The molecule has 0 unspecified atom stereocenters. The van der Waals surface area contributed by atoms with Crippen molar-refractivity contribution in [3.8, 4) is 12.3 Å². The number of aryl methyl sites for hydroxylation is 1. The Hall–Kier alpha value is -2.78. The van der Waals surface area contributed by atoms with Crippen molar-refractivity contribution in [2.24, 2.45) is 0 Å². The molecule has 3 rings (SSSR count). The Kier molecular flexibility index (Phi) is 3.58. The first kappa shape index (κ1) is 15.1. The summed E-state index contributed by atoms with van der Waals surface area (Å²) >= 11 is 0. The molecular formula is C17H14N2O3S. The highest BCUT2D eigenvalue weighted by Crippen LogP contribution is 2.41. The third kappa shape index (κ3) is 2.26. The molecule has 5 nitrogen and oxygen atoms in total. The zero-order valence-electron chi connectivity index (χ0n) is 12.4. The summed E-state index contributed by atoms with van der Waals surface area (Å²) in [5.74, 6) is 1.99. The number of benzene rings is 1. The number of aromatic nitrogens is 1. The van der Waals surface area contributed by atoms with E-state index in [1.165, 1.54) is 6.20 Å². The summed E-state index contributed by atoms with van der Waals surface area (Å²) in [4.78, 5) is 3.95. The monoisotopic (exact) mass is 326 g/mol. The van der Waals surface area contributed by atoms with Crippen molar-refractivity contribution in [2.75, 3.05) is 10.8 Å². The average molecular weight is 326 g/mol. The van der Waals surface area contributed by atoms with Gasteiger partial charge in [-0.15, -0.1) is 6.42 Å². The molecule has 6 heteroatoms. The summed E-state index contributed by atoms with van der Waals surface area (Å²) in [6.07, 6.45) is 6.83. The van der Waals surface area contributed by atoms with Crippen LogP contribution in [-0.4, -0.2) is 25.1 Å². The molecule has 1 aliphatic rings. The van der Waals surface area contributed by atoms with E-state index in [9.17, 15) is 13.5 Å². The lowest BCUT2D eigenvalue weighted by molar-refractivity contribution is 0.509. The van der Waals surface area contributed by atoms with Gasteiger partial charge in [0.25, 0.3) is 10.0 Å². The summed E-state index contributed by atoms with van der Waals surface area (Å²) in [5.41, 5.74) is 1.65. The van der Waals surface area contributed by atoms with E-state index in [1.54, 1.807) is 43.3 Å². The Bertz CT molecular complexity index is 956. The van der Waals surface area contributed by atoms with Crippen molar-refractivity contribution in [1.29, 1.82) is 0 Å². The van der Waals surface area contributed by atoms with Gasteiger partial charge in [0.2, 0.25) is 0 Å². The number of terminal acetylenes is 1. The lowest BCUT2D eigenvalue weighted by Gasteiger charge is -2.30.